The molecule has 0 aliphatic heterocycles. The number of fused-ring (bicyclic) bond motifs is 1. The average Bonchev–Trinajstić information content (AvgIpc) is 2.91. The average molecular weight is 242 g/mol. The Morgan fingerprint density at radius 2 is 2.17 bits per heavy atom. The van der Waals surface area contributed by atoms with Gasteiger partial charge in [-0.3, -0.25) is 9.78 Å². The van der Waals surface area contributed by atoms with Gasteiger partial charge in [-0.25, -0.2) is 4.79 Å². The fourth-order valence-electron chi connectivity index (χ4n) is 2.00. The maximum Gasteiger partial charge on any atom is 0.353 e. The van der Waals surface area contributed by atoms with E-state index < -0.39 is 5.97 Å². The molecule has 0 fully saturated rings. The molecule has 0 aliphatic rings. The Labute approximate surface area is 102 Å². The number of aromatic nitrogens is 4. The van der Waals surface area contributed by atoms with Crippen LogP contribution in [-0.2, 0) is 7.05 Å². The first-order valence-electron chi connectivity index (χ1n) is 5.37. The summed E-state index contributed by atoms with van der Waals surface area (Å²) in [6, 6.07) is 9.17. The molecule has 0 saturated heterocycles. The Bertz CT molecular complexity index is 741. The molecular weight excluding hydrogens is 232 g/mol. The number of hydrogen-bond acceptors (Lipinski definition) is 3. The number of nitrogens with one attached hydrogen (secondary N) is 1. The van der Waals surface area contributed by atoms with Crippen LogP contribution < -0.4 is 0 Å². The van der Waals surface area contributed by atoms with Crippen LogP contribution in [-0.4, -0.2) is 31.1 Å². The minimum Gasteiger partial charge on any atom is -0.477 e. The van der Waals surface area contributed by atoms with E-state index in [1.165, 1.54) is 6.07 Å². The topological polar surface area (TPSA) is 83.8 Å². The van der Waals surface area contributed by atoms with Crippen molar-refractivity contribution in [2.24, 2.45) is 7.05 Å². The smallest absolute Gasteiger partial charge is 0.353 e. The Morgan fingerprint density at radius 1 is 1.39 bits per heavy atom. The number of benzene rings is 1. The number of aromatic carboxylic acids is 1. The van der Waals surface area contributed by atoms with Crippen LogP contribution in [0.1, 0.15) is 10.5 Å². The third-order valence-corrected chi connectivity index (χ3v) is 2.79. The van der Waals surface area contributed by atoms with Crippen molar-refractivity contribution in [3.05, 3.63) is 36.0 Å². The minimum atomic E-state index is -1.03. The van der Waals surface area contributed by atoms with E-state index in [1.54, 1.807) is 4.68 Å². The monoisotopic (exact) mass is 242 g/mol. The largest absolute Gasteiger partial charge is 0.477 e. The maximum atomic E-state index is 10.8. The summed E-state index contributed by atoms with van der Waals surface area (Å²) in [5.74, 6) is -1.03. The molecule has 0 amide bonds. The van der Waals surface area contributed by atoms with Gasteiger partial charge in [0.05, 0.1) is 11.2 Å². The summed E-state index contributed by atoms with van der Waals surface area (Å²) >= 11 is 0. The molecule has 6 heteroatoms. The number of rotatable bonds is 2. The van der Waals surface area contributed by atoms with Gasteiger partial charge >= 0.3 is 5.97 Å². The van der Waals surface area contributed by atoms with Crippen LogP contribution in [0.3, 0.4) is 0 Å². The molecule has 0 aliphatic carbocycles. The van der Waals surface area contributed by atoms with Crippen LogP contribution in [0, 0.1) is 0 Å². The van der Waals surface area contributed by atoms with E-state index >= 15 is 0 Å². The maximum absolute atomic E-state index is 10.8. The third kappa shape index (κ3) is 1.46. The first kappa shape index (κ1) is 10.5. The molecule has 1 aromatic carbocycles. The van der Waals surface area contributed by atoms with Gasteiger partial charge in [-0.15, -0.1) is 0 Å². The molecule has 0 unspecified atom stereocenters. The summed E-state index contributed by atoms with van der Waals surface area (Å²) in [7, 11) is 1.81. The first-order valence-corrected chi connectivity index (χ1v) is 5.37. The third-order valence-electron chi connectivity index (χ3n) is 2.79. The van der Waals surface area contributed by atoms with Crippen molar-refractivity contribution >= 4 is 16.9 Å². The number of aromatic amines is 1. The van der Waals surface area contributed by atoms with Gasteiger partial charge < -0.3 is 5.11 Å². The highest BCUT2D eigenvalue weighted by Crippen LogP contribution is 2.26. The van der Waals surface area contributed by atoms with E-state index in [-0.39, 0.29) is 5.69 Å². The molecule has 3 rings (SSSR count). The van der Waals surface area contributed by atoms with Gasteiger partial charge in [-0.2, -0.15) is 10.2 Å². The standard InChI is InChI=1S/C12H10N4O2/c1-16-11(7-4-2-3-5-8(7)15-16)9-6-10(12(17)18)14-13-9/h2-6H,1H3,(H,13,14)(H,17,18). The van der Waals surface area contributed by atoms with E-state index in [9.17, 15) is 4.79 Å². The zero-order valence-electron chi connectivity index (χ0n) is 9.58. The predicted octanol–water partition coefficient (Wildman–Crippen LogP) is 1.66. The van der Waals surface area contributed by atoms with E-state index in [4.69, 9.17) is 5.11 Å². The van der Waals surface area contributed by atoms with Crippen molar-refractivity contribution in [1.29, 1.82) is 0 Å². The van der Waals surface area contributed by atoms with Crippen molar-refractivity contribution in [3.63, 3.8) is 0 Å². The van der Waals surface area contributed by atoms with E-state index in [0.717, 1.165) is 16.6 Å². The molecular formula is C12H10N4O2. The summed E-state index contributed by atoms with van der Waals surface area (Å²) < 4.78 is 1.70. The van der Waals surface area contributed by atoms with Crippen molar-refractivity contribution in [2.45, 2.75) is 0 Å². The number of hydrogen-bond donors (Lipinski definition) is 2. The lowest BCUT2D eigenvalue weighted by atomic mass is 10.1. The van der Waals surface area contributed by atoms with Gasteiger partial charge in [0.1, 0.15) is 11.4 Å². The predicted molar refractivity (Wildman–Crippen MR) is 65.3 cm³/mol. The van der Waals surface area contributed by atoms with Crippen molar-refractivity contribution < 1.29 is 9.90 Å². The summed E-state index contributed by atoms with van der Waals surface area (Å²) in [6.07, 6.45) is 0. The molecule has 18 heavy (non-hydrogen) atoms. The molecule has 2 aromatic heterocycles. The molecule has 90 valence electrons. The van der Waals surface area contributed by atoms with E-state index in [2.05, 4.69) is 15.3 Å². The van der Waals surface area contributed by atoms with Gasteiger partial charge in [0.15, 0.2) is 0 Å². The number of carboxylic acids is 1. The Hall–Kier alpha value is -2.63. The second-order valence-electron chi connectivity index (χ2n) is 3.96. The SMILES string of the molecule is Cn1nc2ccccc2c1-c1cc(C(=O)O)[nH]n1. The first-order chi connectivity index (χ1) is 8.66. The van der Waals surface area contributed by atoms with Crippen LogP contribution in [0.25, 0.3) is 22.3 Å². The molecule has 2 N–H and O–H groups in total. The lowest BCUT2D eigenvalue weighted by Gasteiger charge is -1.96. The van der Waals surface area contributed by atoms with Gasteiger partial charge in [0.2, 0.25) is 0 Å². The van der Waals surface area contributed by atoms with Crippen LogP contribution >= 0.6 is 0 Å². The van der Waals surface area contributed by atoms with Gasteiger partial charge in [0.25, 0.3) is 0 Å². The van der Waals surface area contributed by atoms with Crippen LogP contribution in [0.5, 0.6) is 0 Å². The number of nitrogens with zero attached hydrogens (tertiary/aromatic N) is 3. The van der Waals surface area contributed by atoms with Crippen LogP contribution in [0.2, 0.25) is 0 Å². The van der Waals surface area contributed by atoms with Crippen LogP contribution in [0.4, 0.5) is 0 Å². The molecule has 0 radical (unpaired) electrons. The van der Waals surface area contributed by atoms with Crippen molar-refractivity contribution in [2.75, 3.05) is 0 Å². The van der Waals surface area contributed by atoms with Gasteiger partial charge in [0, 0.05) is 18.5 Å². The van der Waals surface area contributed by atoms with Crippen LogP contribution in [0.15, 0.2) is 30.3 Å². The van der Waals surface area contributed by atoms with Gasteiger partial charge in [-0.05, 0) is 6.07 Å². The normalized spacial score (nSPS) is 10.9. The number of aryl methyl sites for hydroxylation is 1. The zero-order valence-corrected chi connectivity index (χ0v) is 9.58. The molecule has 0 spiro atoms. The summed E-state index contributed by atoms with van der Waals surface area (Å²) in [5, 5.41) is 20.7. The highest BCUT2D eigenvalue weighted by atomic mass is 16.4. The summed E-state index contributed by atoms with van der Waals surface area (Å²) in [6.45, 7) is 0. The van der Waals surface area contributed by atoms with E-state index in [0.29, 0.717) is 5.69 Å². The highest BCUT2D eigenvalue weighted by Gasteiger charge is 2.15. The number of H-pyrrole nitrogens is 1. The molecule has 3 aromatic rings. The fourth-order valence-corrected chi connectivity index (χ4v) is 2.00. The lowest BCUT2D eigenvalue weighted by molar-refractivity contribution is 0.0690. The quantitative estimate of drug-likeness (QED) is 0.715. The Balaban J connectivity index is 2.24. The lowest BCUT2D eigenvalue weighted by Crippen LogP contribution is -1.95. The summed E-state index contributed by atoms with van der Waals surface area (Å²) in [4.78, 5) is 10.8. The Morgan fingerprint density at radius 3 is 2.89 bits per heavy atom. The summed E-state index contributed by atoms with van der Waals surface area (Å²) in [5.41, 5.74) is 2.29. The Kier molecular flexibility index (Phi) is 2.16. The van der Waals surface area contributed by atoms with Gasteiger partial charge in [-0.1, -0.05) is 18.2 Å². The fraction of sp³-hybridized carbons (Fsp3) is 0.0833. The zero-order chi connectivity index (χ0) is 12.7. The molecule has 2 heterocycles. The second kappa shape index (κ2) is 3.69. The molecule has 6 nitrogen and oxygen atoms in total. The van der Waals surface area contributed by atoms with Crippen molar-refractivity contribution in [1.82, 2.24) is 20.0 Å². The second-order valence-corrected chi connectivity index (χ2v) is 3.96. The van der Waals surface area contributed by atoms with Crippen molar-refractivity contribution in [3.8, 4) is 11.4 Å². The number of carbonyl (C=O) groups is 1. The van der Waals surface area contributed by atoms with E-state index in [1.807, 2.05) is 31.3 Å². The molecule has 0 saturated carbocycles. The molecule has 0 bridgehead atoms. The highest BCUT2D eigenvalue weighted by molar-refractivity contribution is 5.94. The number of carboxylic acid groups (broad SMARTS) is 1. The minimum absolute atomic E-state index is 0.0651. The molecule has 0 atom stereocenters.